The molecule has 19 heavy (non-hydrogen) atoms. The molecule has 1 aliphatic rings. The summed E-state index contributed by atoms with van der Waals surface area (Å²) in [5, 5.41) is 11.8. The van der Waals surface area contributed by atoms with E-state index in [1.54, 1.807) is 12.1 Å². The van der Waals surface area contributed by atoms with Gasteiger partial charge in [0.15, 0.2) is 0 Å². The lowest BCUT2D eigenvalue weighted by Gasteiger charge is -2.22. The van der Waals surface area contributed by atoms with Crippen LogP contribution in [-0.4, -0.2) is 23.7 Å². The molecule has 0 bridgehead atoms. The molecule has 2 N–H and O–H groups in total. The van der Waals surface area contributed by atoms with Gasteiger partial charge in [-0.1, -0.05) is 37.2 Å². The average Bonchev–Trinajstić information content (AvgIpc) is 2.46. The van der Waals surface area contributed by atoms with Crippen molar-refractivity contribution in [3.63, 3.8) is 0 Å². The minimum absolute atomic E-state index is 0.0282. The van der Waals surface area contributed by atoms with Gasteiger partial charge in [-0.25, -0.2) is 0 Å². The lowest BCUT2D eigenvalue weighted by molar-refractivity contribution is 0.0927. The summed E-state index contributed by atoms with van der Waals surface area (Å²) in [5.74, 6) is 5.37. The van der Waals surface area contributed by atoms with E-state index in [4.69, 9.17) is 5.11 Å². The van der Waals surface area contributed by atoms with E-state index in [2.05, 4.69) is 17.2 Å². The molecule has 100 valence electrons. The van der Waals surface area contributed by atoms with Crippen molar-refractivity contribution in [3.05, 3.63) is 35.4 Å². The number of hydrogen-bond donors (Lipinski definition) is 2. The Kier molecular flexibility index (Phi) is 5.00. The highest BCUT2D eigenvalue weighted by Crippen LogP contribution is 2.18. The smallest absolute Gasteiger partial charge is 0.251 e. The number of carbonyl (C=O) groups is 1. The van der Waals surface area contributed by atoms with Gasteiger partial charge < -0.3 is 10.4 Å². The number of aliphatic hydroxyl groups excluding tert-OH is 1. The van der Waals surface area contributed by atoms with Crippen molar-refractivity contribution in [1.82, 2.24) is 5.32 Å². The predicted octanol–water partition coefficient (Wildman–Crippen LogP) is 2.09. The molecule has 0 heterocycles. The molecule has 1 aromatic carbocycles. The molecule has 2 rings (SSSR count). The molecule has 1 saturated carbocycles. The van der Waals surface area contributed by atoms with Crippen molar-refractivity contribution in [3.8, 4) is 11.8 Å². The maximum absolute atomic E-state index is 12.1. The molecule has 0 saturated heterocycles. The summed E-state index contributed by atoms with van der Waals surface area (Å²) in [6.45, 7) is -0.168. The third-order valence-electron chi connectivity index (χ3n) is 3.38. The topological polar surface area (TPSA) is 49.3 Å². The van der Waals surface area contributed by atoms with Gasteiger partial charge in [0.1, 0.15) is 6.61 Å². The van der Waals surface area contributed by atoms with E-state index in [-0.39, 0.29) is 12.5 Å². The van der Waals surface area contributed by atoms with E-state index in [0.29, 0.717) is 11.6 Å². The Morgan fingerprint density at radius 2 is 2.11 bits per heavy atom. The average molecular weight is 257 g/mol. The van der Waals surface area contributed by atoms with Gasteiger partial charge in [-0.2, -0.15) is 0 Å². The molecule has 1 fully saturated rings. The fourth-order valence-electron chi connectivity index (χ4n) is 2.40. The number of amides is 1. The summed E-state index contributed by atoms with van der Waals surface area (Å²) in [6.07, 6.45) is 5.84. The van der Waals surface area contributed by atoms with Crippen LogP contribution in [0.5, 0.6) is 0 Å². The second-order valence-corrected chi connectivity index (χ2v) is 4.85. The largest absolute Gasteiger partial charge is 0.384 e. The maximum atomic E-state index is 12.1. The minimum atomic E-state index is -0.168. The van der Waals surface area contributed by atoms with Gasteiger partial charge in [-0.15, -0.1) is 0 Å². The van der Waals surface area contributed by atoms with Crippen LogP contribution in [-0.2, 0) is 0 Å². The molecular weight excluding hydrogens is 238 g/mol. The number of benzene rings is 1. The highest BCUT2D eigenvalue weighted by molar-refractivity contribution is 5.94. The Morgan fingerprint density at radius 1 is 1.32 bits per heavy atom. The van der Waals surface area contributed by atoms with E-state index >= 15 is 0 Å². The van der Waals surface area contributed by atoms with Crippen molar-refractivity contribution in [2.45, 2.75) is 38.1 Å². The Labute approximate surface area is 114 Å². The number of nitrogens with one attached hydrogen (secondary N) is 1. The van der Waals surface area contributed by atoms with Crippen LogP contribution in [0, 0.1) is 11.8 Å². The van der Waals surface area contributed by atoms with Crippen LogP contribution in [0.2, 0.25) is 0 Å². The van der Waals surface area contributed by atoms with Crippen LogP contribution >= 0.6 is 0 Å². The van der Waals surface area contributed by atoms with Gasteiger partial charge in [0.2, 0.25) is 0 Å². The summed E-state index contributed by atoms with van der Waals surface area (Å²) in [7, 11) is 0. The Hall–Kier alpha value is -1.79. The first-order valence-electron chi connectivity index (χ1n) is 6.80. The number of carbonyl (C=O) groups excluding carboxylic acids is 1. The number of aliphatic hydroxyl groups is 1. The molecule has 0 radical (unpaired) electrons. The van der Waals surface area contributed by atoms with Crippen molar-refractivity contribution >= 4 is 5.91 Å². The van der Waals surface area contributed by atoms with Gasteiger partial charge in [-0.05, 0) is 31.0 Å². The normalized spacial score (nSPS) is 15.4. The molecule has 0 aromatic heterocycles. The van der Waals surface area contributed by atoms with Crippen LogP contribution in [0.25, 0.3) is 0 Å². The molecule has 1 aliphatic carbocycles. The first-order chi connectivity index (χ1) is 9.29. The molecule has 0 aliphatic heterocycles. The zero-order valence-electron chi connectivity index (χ0n) is 11.0. The van der Waals surface area contributed by atoms with E-state index < -0.39 is 0 Å². The molecule has 3 heteroatoms. The van der Waals surface area contributed by atoms with Crippen LogP contribution in [0.15, 0.2) is 24.3 Å². The second-order valence-electron chi connectivity index (χ2n) is 4.85. The third-order valence-corrected chi connectivity index (χ3v) is 3.38. The Balaban J connectivity index is 2.01. The standard InChI is InChI=1S/C16H19NO2/c18-11-5-7-13-6-4-8-14(12-13)16(19)17-15-9-2-1-3-10-15/h4,6,8,12,15,18H,1-3,9-11H2,(H,17,19). The highest BCUT2D eigenvalue weighted by atomic mass is 16.2. The SMILES string of the molecule is O=C(NC1CCCCC1)c1cccc(C#CCO)c1. The number of hydrogen-bond acceptors (Lipinski definition) is 2. The Morgan fingerprint density at radius 3 is 2.84 bits per heavy atom. The van der Waals surface area contributed by atoms with E-state index in [1.807, 2.05) is 12.1 Å². The molecular formula is C16H19NO2. The summed E-state index contributed by atoms with van der Waals surface area (Å²) >= 11 is 0. The summed E-state index contributed by atoms with van der Waals surface area (Å²) < 4.78 is 0. The molecule has 3 nitrogen and oxygen atoms in total. The predicted molar refractivity (Wildman–Crippen MR) is 74.7 cm³/mol. The third kappa shape index (κ3) is 4.11. The lowest BCUT2D eigenvalue weighted by Crippen LogP contribution is -2.36. The lowest BCUT2D eigenvalue weighted by atomic mass is 9.95. The van der Waals surface area contributed by atoms with Gasteiger partial charge in [-0.3, -0.25) is 4.79 Å². The summed E-state index contributed by atoms with van der Waals surface area (Å²) in [6, 6.07) is 7.52. The molecule has 0 spiro atoms. The Bertz CT molecular complexity index is 493. The van der Waals surface area contributed by atoms with Crippen LogP contribution in [0.1, 0.15) is 48.0 Å². The quantitative estimate of drug-likeness (QED) is 0.797. The first kappa shape index (κ1) is 13.6. The van der Waals surface area contributed by atoms with Gasteiger partial charge >= 0.3 is 0 Å². The maximum Gasteiger partial charge on any atom is 0.251 e. The minimum Gasteiger partial charge on any atom is -0.384 e. The molecule has 0 atom stereocenters. The van der Waals surface area contributed by atoms with Gasteiger partial charge in [0, 0.05) is 17.2 Å². The van der Waals surface area contributed by atoms with Crippen molar-refractivity contribution < 1.29 is 9.90 Å². The zero-order chi connectivity index (χ0) is 13.5. The molecule has 1 amide bonds. The van der Waals surface area contributed by atoms with E-state index in [1.165, 1.54) is 19.3 Å². The van der Waals surface area contributed by atoms with E-state index in [9.17, 15) is 4.79 Å². The summed E-state index contributed by atoms with van der Waals surface area (Å²) in [5.41, 5.74) is 1.39. The van der Waals surface area contributed by atoms with E-state index in [0.717, 1.165) is 18.4 Å². The van der Waals surface area contributed by atoms with Crippen molar-refractivity contribution in [2.75, 3.05) is 6.61 Å². The van der Waals surface area contributed by atoms with Crippen molar-refractivity contribution in [1.29, 1.82) is 0 Å². The summed E-state index contributed by atoms with van der Waals surface area (Å²) in [4.78, 5) is 12.1. The molecule has 0 unspecified atom stereocenters. The van der Waals surface area contributed by atoms with Crippen LogP contribution in [0.4, 0.5) is 0 Å². The first-order valence-corrected chi connectivity index (χ1v) is 6.80. The zero-order valence-corrected chi connectivity index (χ0v) is 11.0. The van der Waals surface area contributed by atoms with Gasteiger partial charge in [0.25, 0.3) is 5.91 Å². The second kappa shape index (κ2) is 6.96. The molecule has 1 aromatic rings. The van der Waals surface area contributed by atoms with Crippen LogP contribution in [0.3, 0.4) is 0 Å². The van der Waals surface area contributed by atoms with Crippen LogP contribution < -0.4 is 5.32 Å². The van der Waals surface area contributed by atoms with Crippen molar-refractivity contribution in [2.24, 2.45) is 0 Å². The fraction of sp³-hybridized carbons (Fsp3) is 0.438. The number of rotatable bonds is 2. The van der Waals surface area contributed by atoms with Gasteiger partial charge in [0.05, 0.1) is 0 Å². The monoisotopic (exact) mass is 257 g/mol. The fourth-order valence-corrected chi connectivity index (χ4v) is 2.40. The highest BCUT2D eigenvalue weighted by Gasteiger charge is 2.16.